The van der Waals surface area contributed by atoms with E-state index in [0.29, 0.717) is 17.2 Å². The molecule has 0 bridgehead atoms. The summed E-state index contributed by atoms with van der Waals surface area (Å²) >= 11 is 0. The van der Waals surface area contributed by atoms with Gasteiger partial charge in [0.1, 0.15) is 5.75 Å². The summed E-state index contributed by atoms with van der Waals surface area (Å²) in [5, 5.41) is 18.3. The Balaban J connectivity index is 1.93. The normalized spacial score (nSPS) is 10.3. The third kappa shape index (κ3) is 2.68. The predicted molar refractivity (Wildman–Crippen MR) is 70.7 cm³/mol. The van der Waals surface area contributed by atoms with Crippen molar-refractivity contribution >= 4 is 5.69 Å². The lowest BCUT2D eigenvalue weighted by Crippen LogP contribution is -1.95. The van der Waals surface area contributed by atoms with Crippen molar-refractivity contribution in [3.8, 4) is 23.1 Å². The van der Waals surface area contributed by atoms with Crippen molar-refractivity contribution in [1.82, 2.24) is 15.2 Å². The number of hydrogen-bond donors (Lipinski definition) is 0. The number of hydrogen-bond acceptors (Lipinski definition) is 7. The summed E-state index contributed by atoms with van der Waals surface area (Å²) < 4.78 is 10.6. The topological polar surface area (TPSA) is 104 Å². The Kier molecular flexibility index (Phi) is 3.26. The molecule has 21 heavy (non-hydrogen) atoms. The fourth-order valence-electron chi connectivity index (χ4n) is 1.70. The van der Waals surface area contributed by atoms with Gasteiger partial charge in [0.05, 0.1) is 4.92 Å². The van der Waals surface area contributed by atoms with E-state index >= 15 is 0 Å². The van der Waals surface area contributed by atoms with Gasteiger partial charge >= 0.3 is 5.69 Å². The minimum absolute atomic E-state index is 0.0785. The number of ether oxygens (including phenoxy) is 1. The van der Waals surface area contributed by atoms with Crippen LogP contribution in [0.15, 0.2) is 53.4 Å². The maximum atomic E-state index is 10.9. The minimum atomic E-state index is -0.551. The van der Waals surface area contributed by atoms with Crippen LogP contribution in [0, 0.1) is 10.1 Å². The van der Waals surface area contributed by atoms with Crippen LogP contribution in [0.5, 0.6) is 11.6 Å². The second kappa shape index (κ2) is 5.37. The summed E-state index contributed by atoms with van der Waals surface area (Å²) in [7, 11) is 0. The van der Waals surface area contributed by atoms with E-state index in [1.54, 1.807) is 24.3 Å². The second-order valence-electron chi connectivity index (χ2n) is 3.96. The fraction of sp³-hybridized carbons (Fsp3) is 0. The van der Waals surface area contributed by atoms with Crippen molar-refractivity contribution in [2.45, 2.75) is 0 Å². The molecule has 8 nitrogen and oxygen atoms in total. The van der Waals surface area contributed by atoms with Crippen molar-refractivity contribution in [1.29, 1.82) is 0 Å². The zero-order valence-electron chi connectivity index (χ0n) is 10.5. The van der Waals surface area contributed by atoms with Crippen LogP contribution in [-0.2, 0) is 0 Å². The maximum absolute atomic E-state index is 10.9. The molecule has 0 amide bonds. The Morgan fingerprint density at radius 2 is 2.14 bits per heavy atom. The highest BCUT2D eigenvalue weighted by Crippen LogP contribution is 2.30. The predicted octanol–water partition coefficient (Wildman–Crippen LogP) is 2.83. The van der Waals surface area contributed by atoms with Gasteiger partial charge in [-0.2, -0.15) is 0 Å². The molecular weight excluding hydrogens is 276 g/mol. The zero-order chi connectivity index (χ0) is 14.7. The average molecular weight is 284 g/mol. The van der Waals surface area contributed by atoms with Gasteiger partial charge in [-0.25, -0.2) is 4.98 Å². The van der Waals surface area contributed by atoms with Gasteiger partial charge in [-0.15, -0.1) is 10.2 Å². The molecular formula is C13H8N4O4. The van der Waals surface area contributed by atoms with E-state index in [4.69, 9.17) is 9.15 Å². The standard InChI is InChI=1S/C13H8N4O4/c18-17(19)11-5-2-6-14-13(11)21-10-4-1-3-9(7-10)12-16-15-8-20-12/h1-8H. The SMILES string of the molecule is O=[N+]([O-])c1cccnc1Oc1cccc(-c2nnco2)c1. The molecule has 8 heteroatoms. The van der Waals surface area contributed by atoms with Crippen LogP contribution in [0.2, 0.25) is 0 Å². The molecule has 0 spiro atoms. The van der Waals surface area contributed by atoms with Gasteiger partial charge in [-0.1, -0.05) is 6.07 Å². The van der Waals surface area contributed by atoms with E-state index in [9.17, 15) is 10.1 Å². The second-order valence-corrected chi connectivity index (χ2v) is 3.96. The van der Waals surface area contributed by atoms with Crippen molar-refractivity contribution < 1.29 is 14.1 Å². The highest BCUT2D eigenvalue weighted by molar-refractivity contribution is 5.56. The Labute approximate surface area is 118 Å². The Bertz CT molecular complexity index is 773. The van der Waals surface area contributed by atoms with Crippen LogP contribution in [0.25, 0.3) is 11.5 Å². The minimum Gasteiger partial charge on any atom is -0.434 e. The van der Waals surface area contributed by atoms with Crippen LogP contribution < -0.4 is 4.74 Å². The summed E-state index contributed by atoms with van der Waals surface area (Å²) in [5.41, 5.74) is 0.435. The van der Waals surface area contributed by atoms with Gasteiger partial charge < -0.3 is 9.15 Å². The molecule has 0 aliphatic rings. The average Bonchev–Trinajstić information content (AvgIpc) is 3.02. The number of nitrogens with zero attached hydrogens (tertiary/aromatic N) is 4. The van der Waals surface area contributed by atoms with Crippen LogP contribution in [0.1, 0.15) is 0 Å². The molecule has 2 heterocycles. The largest absolute Gasteiger partial charge is 0.434 e. The quantitative estimate of drug-likeness (QED) is 0.535. The molecule has 0 aliphatic heterocycles. The first-order valence-electron chi connectivity index (χ1n) is 5.88. The van der Waals surface area contributed by atoms with Crippen molar-refractivity contribution in [2.24, 2.45) is 0 Å². The Morgan fingerprint density at radius 3 is 2.90 bits per heavy atom. The number of aromatic nitrogens is 3. The summed E-state index contributed by atoms with van der Waals surface area (Å²) in [6, 6.07) is 9.55. The molecule has 0 saturated carbocycles. The number of pyridine rings is 1. The van der Waals surface area contributed by atoms with Gasteiger partial charge in [0.2, 0.25) is 12.3 Å². The molecule has 0 radical (unpaired) electrons. The first-order valence-corrected chi connectivity index (χ1v) is 5.88. The number of rotatable bonds is 4. The molecule has 1 aromatic carbocycles. The smallest absolute Gasteiger partial charge is 0.331 e. The van der Waals surface area contributed by atoms with Gasteiger partial charge in [0.15, 0.2) is 0 Å². The fourth-order valence-corrected chi connectivity index (χ4v) is 1.70. The highest BCUT2D eigenvalue weighted by Gasteiger charge is 2.16. The number of benzene rings is 1. The molecule has 0 unspecified atom stereocenters. The third-order valence-electron chi connectivity index (χ3n) is 2.60. The molecule has 0 atom stereocenters. The summed E-state index contributed by atoms with van der Waals surface area (Å²) in [6.45, 7) is 0. The van der Waals surface area contributed by atoms with Gasteiger partial charge in [0, 0.05) is 17.8 Å². The van der Waals surface area contributed by atoms with Crippen LogP contribution in [-0.4, -0.2) is 20.1 Å². The monoisotopic (exact) mass is 284 g/mol. The molecule has 104 valence electrons. The first kappa shape index (κ1) is 12.7. The molecule has 0 saturated heterocycles. The zero-order valence-corrected chi connectivity index (χ0v) is 10.5. The van der Waals surface area contributed by atoms with E-state index in [-0.39, 0.29) is 11.6 Å². The molecule has 0 aliphatic carbocycles. The van der Waals surface area contributed by atoms with Crippen molar-refractivity contribution in [2.75, 3.05) is 0 Å². The van der Waals surface area contributed by atoms with E-state index in [0.717, 1.165) is 0 Å². The first-order chi connectivity index (χ1) is 10.2. The lowest BCUT2D eigenvalue weighted by Gasteiger charge is -2.05. The van der Waals surface area contributed by atoms with Crippen molar-refractivity contribution in [3.05, 3.63) is 59.1 Å². The van der Waals surface area contributed by atoms with Gasteiger partial charge in [-0.05, 0) is 24.3 Å². The summed E-state index contributed by atoms with van der Waals surface area (Å²) in [4.78, 5) is 14.2. The Morgan fingerprint density at radius 1 is 1.24 bits per heavy atom. The van der Waals surface area contributed by atoms with E-state index < -0.39 is 4.92 Å². The lowest BCUT2D eigenvalue weighted by atomic mass is 10.2. The molecule has 0 fully saturated rings. The highest BCUT2D eigenvalue weighted by atomic mass is 16.6. The molecule has 0 N–H and O–H groups in total. The number of nitro groups is 1. The van der Waals surface area contributed by atoms with Gasteiger partial charge in [-0.3, -0.25) is 10.1 Å². The lowest BCUT2D eigenvalue weighted by molar-refractivity contribution is -0.386. The molecule has 3 rings (SSSR count). The molecule has 3 aromatic rings. The van der Waals surface area contributed by atoms with Gasteiger partial charge in [0.25, 0.3) is 5.88 Å². The van der Waals surface area contributed by atoms with E-state index in [1.165, 1.54) is 24.7 Å². The van der Waals surface area contributed by atoms with E-state index in [1.807, 2.05) is 0 Å². The van der Waals surface area contributed by atoms with Crippen LogP contribution in [0.3, 0.4) is 0 Å². The molecule has 2 aromatic heterocycles. The maximum Gasteiger partial charge on any atom is 0.331 e. The third-order valence-corrected chi connectivity index (χ3v) is 2.60. The Hall–Kier alpha value is -3.29. The van der Waals surface area contributed by atoms with Crippen LogP contribution in [0.4, 0.5) is 5.69 Å². The summed E-state index contributed by atoms with van der Waals surface area (Å²) in [6.07, 6.45) is 2.64. The van der Waals surface area contributed by atoms with Crippen molar-refractivity contribution in [3.63, 3.8) is 0 Å². The van der Waals surface area contributed by atoms with E-state index in [2.05, 4.69) is 15.2 Å². The van der Waals surface area contributed by atoms with Crippen LogP contribution >= 0.6 is 0 Å². The summed E-state index contributed by atoms with van der Waals surface area (Å²) in [5.74, 6) is 0.633.